The van der Waals surface area contributed by atoms with Gasteiger partial charge >= 0.3 is 0 Å². The highest BCUT2D eigenvalue weighted by atomic mass is 16.2. The lowest BCUT2D eigenvalue weighted by Gasteiger charge is -2.35. The summed E-state index contributed by atoms with van der Waals surface area (Å²) in [5.74, 6) is 2.58. The van der Waals surface area contributed by atoms with Crippen molar-refractivity contribution in [3.05, 3.63) is 12.4 Å². The van der Waals surface area contributed by atoms with E-state index in [1.165, 1.54) is 32.5 Å². The molecule has 0 aromatic carbocycles. The number of aromatic nitrogens is 2. The minimum Gasteiger partial charge on any atom is -0.357 e. The number of carbonyl (C=O) groups excluding carboxylic acids is 1. The van der Waals surface area contributed by atoms with Crippen LogP contribution in [0.15, 0.2) is 17.4 Å². The molecule has 1 N–H and O–H groups in total. The Labute approximate surface area is 181 Å². The van der Waals surface area contributed by atoms with Gasteiger partial charge in [0.1, 0.15) is 6.54 Å². The number of aryl methyl sites for hydroxylation is 1. The zero-order chi connectivity index (χ0) is 21.5. The standard InChI is InChI=1S/C22H39N7O/c1-5-23-22(24-8-6-7-9-27-14-18(2)12-19(3)15-27)28-10-11-29(21(30)17-28)20-13-25-26(4)16-20/h13,16,18-19H,5-12,14-15,17H2,1-4H3,(H,23,24). The van der Waals surface area contributed by atoms with E-state index in [1.807, 2.05) is 18.1 Å². The maximum Gasteiger partial charge on any atom is 0.246 e. The van der Waals surface area contributed by atoms with Gasteiger partial charge in [-0.15, -0.1) is 0 Å². The SMILES string of the molecule is CCNC(=NCCCCN1CC(C)CC(C)C1)N1CCN(c2cnn(C)c2)C(=O)C1. The van der Waals surface area contributed by atoms with E-state index < -0.39 is 0 Å². The molecular formula is C22H39N7O. The average Bonchev–Trinajstić information content (AvgIpc) is 3.12. The van der Waals surface area contributed by atoms with Crippen molar-refractivity contribution in [3.63, 3.8) is 0 Å². The van der Waals surface area contributed by atoms with Crippen LogP contribution in [0, 0.1) is 11.8 Å². The molecule has 8 heteroatoms. The Hall–Kier alpha value is -2.09. The molecule has 2 aliphatic heterocycles. The molecule has 168 valence electrons. The third kappa shape index (κ3) is 6.20. The van der Waals surface area contributed by atoms with Crippen LogP contribution in [0.3, 0.4) is 0 Å². The van der Waals surface area contributed by atoms with Crippen LogP contribution in [0.2, 0.25) is 0 Å². The summed E-state index contributed by atoms with van der Waals surface area (Å²) in [6.07, 6.45) is 7.25. The molecule has 2 atom stereocenters. The lowest BCUT2D eigenvalue weighted by Crippen LogP contribution is -2.55. The Morgan fingerprint density at radius 2 is 2.00 bits per heavy atom. The average molecular weight is 418 g/mol. The van der Waals surface area contributed by atoms with Crippen LogP contribution in [0.25, 0.3) is 0 Å². The van der Waals surface area contributed by atoms with Crippen LogP contribution in [0.4, 0.5) is 5.69 Å². The monoisotopic (exact) mass is 417 g/mol. The molecule has 0 saturated carbocycles. The molecule has 30 heavy (non-hydrogen) atoms. The molecule has 3 rings (SSSR count). The number of anilines is 1. The predicted octanol–water partition coefficient (Wildman–Crippen LogP) is 1.79. The maximum atomic E-state index is 12.7. The minimum absolute atomic E-state index is 0.0909. The number of piperazine rings is 1. The van der Waals surface area contributed by atoms with Crippen LogP contribution in [-0.4, -0.2) is 83.8 Å². The number of amides is 1. The number of carbonyl (C=O) groups is 1. The summed E-state index contributed by atoms with van der Waals surface area (Å²) in [7, 11) is 1.87. The van der Waals surface area contributed by atoms with E-state index in [0.29, 0.717) is 13.1 Å². The van der Waals surface area contributed by atoms with Gasteiger partial charge in [-0.25, -0.2) is 0 Å². The Bertz CT molecular complexity index is 706. The maximum absolute atomic E-state index is 12.7. The lowest BCUT2D eigenvalue weighted by molar-refractivity contribution is -0.120. The number of hydrogen-bond acceptors (Lipinski definition) is 4. The minimum atomic E-state index is 0.0909. The van der Waals surface area contributed by atoms with Crippen molar-refractivity contribution in [3.8, 4) is 0 Å². The first-order valence-corrected chi connectivity index (χ1v) is 11.5. The van der Waals surface area contributed by atoms with Gasteiger partial charge in [0, 0.05) is 52.5 Å². The Morgan fingerprint density at radius 3 is 2.63 bits per heavy atom. The summed E-state index contributed by atoms with van der Waals surface area (Å²) in [6.45, 7) is 13.8. The van der Waals surface area contributed by atoms with Crippen LogP contribution in [0.5, 0.6) is 0 Å². The van der Waals surface area contributed by atoms with Crippen molar-refractivity contribution >= 4 is 17.6 Å². The van der Waals surface area contributed by atoms with Gasteiger partial charge in [-0.1, -0.05) is 13.8 Å². The van der Waals surface area contributed by atoms with Crippen LogP contribution >= 0.6 is 0 Å². The highest BCUT2D eigenvalue weighted by Crippen LogP contribution is 2.21. The molecule has 1 aromatic rings. The Kier molecular flexibility index (Phi) is 8.13. The molecule has 0 radical (unpaired) electrons. The van der Waals surface area contributed by atoms with E-state index in [0.717, 1.165) is 49.5 Å². The van der Waals surface area contributed by atoms with E-state index in [-0.39, 0.29) is 5.91 Å². The molecular weight excluding hydrogens is 378 g/mol. The van der Waals surface area contributed by atoms with Crippen molar-refractivity contribution < 1.29 is 4.79 Å². The van der Waals surface area contributed by atoms with Gasteiger partial charge in [-0.2, -0.15) is 5.10 Å². The highest BCUT2D eigenvalue weighted by molar-refractivity contribution is 5.98. The first-order chi connectivity index (χ1) is 14.5. The van der Waals surface area contributed by atoms with E-state index in [9.17, 15) is 4.79 Å². The number of rotatable bonds is 7. The van der Waals surface area contributed by atoms with Gasteiger partial charge in [0.15, 0.2) is 5.96 Å². The second-order valence-electron chi connectivity index (χ2n) is 8.99. The zero-order valence-electron chi connectivity index (χ0n) is 19.2. The summed E-state index contributed by atoms with van der Waals surface area (Å²) >= 11 is 0. The number of likely N-dealkylation sites (tertiary alicyclic amines) is 1. The second kappa shape index (κ2) is 10.8. The molecule has 0 bridgehead atoms. The number of piperidine rings is 1. The molecule has 1 aromatic heterocycles. The van der Waals surface area contributed by atoms with E-state index in [1.54, 1.807) is 10.9 Å². The molecule has 2 saturated heterocycles. The van der Waals surface area contributed by atoms with E-state index in [4.69, 9.17) is 4.99 Å². The van der Waals surface area contributed by atoms with Crippen molar-refractivity contribution in [2.45, 2.75) is 40.0 Å². The Balaban J connectivity index is 1.45. The molecule has 2 unspecified atom stereocenters. The fourth-order valence-electron chi connectivity index (χ4n) is 4.71. The van der Waals surface area contributed by atoms with Gasteiger partial charge in [0.2, 0.25) is 5.91 Å². The summed E-state index contributed by atoms with van der Waals surface area (Å²) < 4.78 is 1.73. The molecule has 1 amide bonds. The van der Waals surface area contributed by atoms with Gasteiger partial charge in [-0.3, -0.25) is 14.5 Å². The van der Waals surface area contributed by atoms with E-state index >= 15 is 0 Å². The number of nitrogens with zero attached hydrogens (tertiary/aromatic N) is 6. The topological polar surface area (TPSA) is 69.0 Å². The summed E-state index contributed by atoms with van der Waals surface area (Å²) in [5.41, 5.74) is 0.866. The molecule has 0 spiro atoms. The molecule has 0 aliphatic carbocycles. The largest absolute Gasteiger partial charge is 0.357 e. The van der Waals surface area contributed by atoms with Gasteiger partial charge in [-0.05, 0) is 44.6 Å². The molecule has 8 nitrogen and oxygen atoms in total. The van der Waals surface area contributed by atoms with Gasteiger partial charge < -0.3 is 20.0 Å². The van der Waals surface area contributed by atoms with Crippen LogP contribution in [-0.2, 0) is 11.8 Å². The van der Waals surface area contributed by atoms with Crippen molar-refractivity contribution in [2.24, 2.45) is 23.9 Å². The smallest absolute Gasteiger partial charge is 0.246 e. The van der Waals surface area contributed by atoms with Crippen LogP contribution in [0.1, 0.15) is 40.0 Å². The number of guanidine groups is 1. The number of aliphatic imine (C=N–C) groups is 1. The van der Waals surface area contributed by atoms with E-state index in [2.05, 4.69) is 41.0 Å². The van der Waals surface area contributed by atoms with Gasteiger partial charge in [0.25, 0.3) is 0 Å². The Morgan fingerprint density at radius 1 is 1.23 bits per heavy atom. The molecule has 2 fully saturated rings. The van der Waals surface area contributed by atoms with Crippen molar-refractivity contribution in [1.29, 1.82) is 0 Å². The third-order valence-corrected chi connectivity index (χ3v) is 5.95. The summed E-state index contributed by atoms with van der Waals surface area (Å²) in [5, 5.41) is 7.54. The second-order valence-corrected chi connectivity index (χ2v) is 8.99. The van der Waals surface area contributed by atoms with Crippen molar-refractivity contribution in [2.75, 3.05) is 57.3 Å². The van der Waals surface area contributed by atoms with Gasteiger partial charge in [0.05, 0.1) is 11.9 Å². The fourth-order valence-corrected chi connectivity index (χ4v) is 4.71. The number of nitrogens with one attached hydrogen (secondary N) is 1. The molecule has 3 heterocycles. The first kappa shape index (κ1) is 22.6. The summed E-state index contributed by atoms with van der Waals surface area (Å²) in [4.78, 5) is 24.0. The molecule has 2 aliphatic rings. The van der Waals surface area contributed by atoms with Crippen LogP contribution < -0.4 is 10.2 Å². The van der Waals surface area contributed by atoms with Crippen molar-refractivity contribution in [1.82, 2.24) is 24.9 Å². The highest BCUT2D eigenvalue weighted by Gasteiger charge is 2.27. The quantitative estimate of drug-likeness (QED) is 0.416. The lowest BCUT2D eigenvalue weighted by atomic mass is 9.92. The normalized spacial score (nSPS) is 23.9. The number of unbranched alkanes of at least 4 members (excludes halogenated alkanes) is 1. The predicted molar refractivity (Wildman–Crippen MR) is 122 cm³/mol. The zero-order valence-corrected chi connectivity index (χ0v) is 19.2. The fraction of sp³-hybridized carbons (Fsp3) is 0.773. The summed E-state index contributed by atoms with van der Waals surface area (Å²) in [6, 6.07) is 0. The third-order valence-electron chi connectivity index (χ3n) is 5.95. The first-order valence-electron chi connectivity index (χ1n) is 11.5. The number of hydrogen-bond donors (Lipinski definition) is 1.